The van der Waals surface area contributed by atoms with E-state index in [0.29, 0.717) is 48.6 Å². The molecular formula is C19H21ClN6O3S2. The zero-order chi connectivity index (χ0) is 22.1. The van der Waals surface area contributed by atoms with Crippen molar-refractivity contribution in [1.29, 1.82) is 0 Å². The van der Waals surface area contributed by atoms with Crippen LogP contribution in [0.3, 0.4) is 0 Å². The number of nitrogens with zero attached hydrogens (tertiary/aromatic N) is 3. The van der Waals surface area contributed by atoms with Crippen molar-refractivity contribution in [3.8, 4) is 10.6 Å². The number of anilines is 2. The number of hydrogen-bond donors (Lipinski definition) is 3. The minimum absolute atomic E-state index is 0.189. The van der Waals surface area contributed by atoms with Gasteiger partial charge in [-0.2, -0.15) is 0 Å². The highest BCUT2D eigenvalue weighted by Crippen LogP contribution is 2.31. The molecule has 3 rings (SSSR count). The number of amides is 1. The summed E-state index contributed by atoms with van der Waals surface area (Å²) in [6.45, 7) is 3.96. The van der Waals surface area contributed by atoms with E-state index < -0.39 is 0 Å². The lowest BCUT2D eigenvalue weighted by Crippen LogP contribution is -2.25. The Hall–Kier alpha value is -2.60. The van der Waals surface area contributed by atoms with Gasteiger partial charge >= 0.3 is 5.97 Å². The van der Waals surface area contributed by atoms with Crippen LogP contribution in [0.1, 0.15) is 23.8 Å². The second-order valence-electron chi connectivity index (χ2n) is 6.14. The van der Waals surface area contributed by atoms with Crippen LogP contribution in [0.15, 0.2) is 29.2 Å². The molecule has 0 aliphatic heterocycles. The number of thiazole rings is 1. The molecule has 0 radical (unpaired) electrons. The lowest BCUT2D eigenvalue weighted by molar-refractivity contribution is -0.142. The summed E-state index contributed by atoms with van der Waals surface area (Å²) in [4.78, 5) is 37.3. The maximum atomic E-state index is 12.4. The van der Waals surface area contributed by atoms with Gasteiger partial charge in [-0.25, -0.2) is 15.0 Å². The molecule has 3 aromatic heterocycles. The van der Waals surface area contributed by atoms with Crippen LogP contribution in [-0.4, -0.2) is 53.1 Å². The first-order valence-electron chi connectivity index (χ1n) is 9.48. The highest BCUT2D eigenvalue weighted by molar-refractivity contribution is 7.16. The van der Waals surface area contributed by atoms with E-state index in [1.807, 2.05) is 16.8 Å². The van der Waals surface area contributed by atoms with Crippen molar-refractivity contribution in [3.05, 3.63) is 39.9 Å². The van der Waals surface area contributed by atoms with Crippen molar-refractivity contribution in [2.24, 2.45) is 0 Å². The molecule has 0 saturated heterocycles. The third-order valence-electron chi connectivity index (χ3n) is 3.85. The molecular weight excluding hydrogens is 460 g/mol. The quantitative estimate of drug-likeness (QED) is 0.282. The van der Waals surface area contributed by atoms with Gasteiger partial charge in [0.25, 0.3) is 5.91 Å². The Labute approximate surface area is 192 Å². The predicted molar refractivity (Wildman–Crippen MR) is 123 cm³/mol. The van der Waals surface area contributed by atoms with Gasteiger partial charge in [-0.1, -0.05) is 11.6 Å². The lowest BCUT2D eigenvalue weighted by atomic mass is 10.4. The van der Waals surface area contributed by atoms with Crippen LogP contribution >= 0.6 is 34.3 Å². The molecule has 31 heavy (non-hydrogen) atoms. The van der Waals surface area contributed by atoms with E-state index in [2.05, 4.69) is 30.9 Å². The smallest absolute Gasteiger partial charge is 0.307 e. The van der Waals surface area contributed by atoms with E-state index in [0.717, 1.165) is 10.6 Å². The number of esters is 1. The molecule has 0 fully saturated rings. The number of aromatic nitrogens is 3. The third-order valence-corrected chi connectivity index (χ3v) is 5.91. The first-order valence-corrected chi connectivity index (χ1v) is 11.6. The maximum Gasteiger partial charge on any atom is 0.307 e. The minimum Gasteiger partial charge on any atom is -0.466 e. The molecule has 3 aromatic rings. The summed E-state index contributed by atoms with van der Waals surface area (Å²) < 4.78 is 4.85. The summed E-state index contributed by atoms with van der Waals surface area (Å²) >= 11 is 8.76. The molecule has 0 saturated carbocycles. The Balaban J connectivity index is 1.41. The molecule has 3 N–H and O–H groups in total. The lowest BCUT2D eigenvalue weighted by Gasteiger charge is -2.07. The molecule has 164 valence electrons. The zero-order valence-electron chi connectivity index (χ0n) is 16.7. The van der Waals surface area contributed by atoms with E-state index >= 15 is 0 Å². The maximum absolute atomic E-state index is 12.4. The average Bonchev–Trinajstić information content (AvgIpc) is 3.40. The second-order valence-corrected chi connectivity index (χ2v) is 8.35. The molecule has 1 amide bonds. The summed E-state index contributed by atoms with van der Waals surface area (Å²) in [6, 6.07) is 1.83. The highest BCUT2D eigenvalue weighted by Gasteiger charge is 2.12. The molecule has 0 bridgehead atoms. The molecule has 0 unspecified atom stereocenters. The average molecular weight is 481 g/mol. The van der Waals surface area contributed by atoms with E-state index in [1.54, 1.807) is 6.92 Å². The van der Waals surface area contributed by atoms with Crippen LogP contribution in [-0.2, 0) is 9.53 Å². The summed E-state index contributed by atoms with van der Waals surface area (Å²) in [7, 11) is 0. The Kier molecular flexibility index (Phi) is 8.71. The molecule has 0 spiro atoms. The molecule has 0 aromatic carbocycles. The number of thiophene rings is 1. The van der Waals surface area contributed by atoms with Crippen LogP contribution in [0.25, 0.3) is 10.6 Å². The SMILES string of the molecule is CCOC(=O)CCNCCNc1cnc(C(=O)Nc2nc(-c3cc(Cl)cs3)cs2)cn1. The fraction of sp³-hybridized carbons (Fsp3) is 0.316. The van der Waals surface area contributed by atoms with E-state index in [1.165, 1.54) is 35.1 Å². The van der Waals surface area contributed by atoms with Gasteiger partial charge in [0.1, 0.15) is 11.5 Å². The minimum atomic E-state index is -0.384. The zero-order valence-corrected chi connectivity index (χ0v) is 19.1. The first-order chi connectivity index (χ1) is 15.0. The summed E-state index contributed by atoms with van der Waals surface area (Å²) in [5.74, 6) is -0.0489. The van der Waals surface area contributed by atoms with Crippen molar-refractivity contribution in [3.63, 3.8) is 0 Å². The molecule has 9 nitrogen and oxygen atoms in total. The Morgan fingerprint density at radius 3 is 2.71 bits per heavy atom. The molecule has 3 heterocycles. The summed E-state index contributed by atoms with van der Waals surface area (Å²) in [5, 5.41) is 13.8. The monoisotopic (exact) mass is 480 g/mol. The molecule has 12 heteroatoms. The van der Waals surface area contributed by atoms with Gasteiger partial charge in [-0.05, 0) is 13.0 Å². The van der Waals surface area contributed by atoms with Gasteiger partial charge in [-0.3, -0.25) is 14.9 Å². The van der Waals surface area contributed by atoms with Crippen LogP contribution in [0.2, 0.25) is 5.02 Å². The summed E-state index contributed by atoms with van der Waals surface area (Å²) in [6.07, 6.45) is 3.23. The van der Waals surface area contributed by atoms with Crippen LogP contribution in [0.4, 0.5) is 10.9 Å². The number of carbonyl (C=O) groups excluding carboxylic acids is 2. The number of nitrogens with one attached hydrogen (secondary N) is 3. The van der Waals surface area contributed by atoms with E-state index in [-0.39, 0.29) is 17.6 Å². The Bertz CT molecular complexity index is 1010. The van der Waals surface area contributed by atoms with Gasteiger partial charge in [0.15, 0.2) is 5.13 Å². The van der Waals surface area contributed by atoms with Crippen molar-refractivity contribution in [1.82, 2.24) is 20.3 Å². The number of halogens is 1. The van der Waals surface area contributed by atoms with Crippen LogP contribution < -0.4 is 16.0 Å². The Morgan fingerprint density at radius 2 is 2.00 bits per heavy atom. The number of ether oxygens (including phenoxy) is 1. The van der Waals surface area contributed by atoms with Crippen LogP contribution in [0.5, 0.6) is 0 Å². The van der Waals surface area contributed by atoms with Gasteiger partial charge in [0.2, 0.25) is 0 Å². The topological polar surface area (TPSA) is 118 Å². The van der Waals surface area contributed by atoms with Gasteiger partial charge < -0.3 is 15.4 Å². The Morgan fingerprint density at radius 1 is 1.13 bits per heavy atom. The summed E-state index contributed by atoms with van der Waals surface area (Å²) in [5.41, 5.74) is 0.952. The fourth-order valence-electron chi connectivity index (χ4n) is 2.42. The molecule has 0 atom stereocenters. The van der Waals surface area contributed by atoms with E-state index in [4.69, 9.17) is 16.3 Å². The van der Waals surface area contributed by atoms with Crippen molar-refractivity contribution in [2.45, 2.75) is 13.3 Å². The van der Waals surface area contributed by atoms with Gasteiger partial charge in [0, 0.05) is 30.4 Å². The number of rotatable bonds is 11. The normalized spacial score (nSPS) is 10.6. The highest BCUT2D eigenvalue weighted by atomic mass is 35.5. The van der Waals surface area contributed by atoms with Gasteiger partial charge in [0.05, 0.1) is 41.0 Å². The second kappa shape index (κ2) is 11.7. The molecule has 0 aliphatic rings. The van der Waals surface area contributed by atoms with Crippen molar-refractivity contribution >= 4 is 57.1 Å². The third kappa shape index (κ3) is 7.24. The predicted octanol–water partition coefficient (Wildman–Crippen LogP) is 3.52. The molecule has 0 aliphatic carbocycles. The van der Waals surface area contributed by atoms with Gasteiger partial charge in [-0.15, -0.1) is 22.7 Å². The first kappa shape index (κ1) is 23.1. The standard InChI is InChI=1S/C19H21ClN6O3S2/c1-2-29-17(27)3-4-21-5-6-22-16-9-23-13(8-24-16)18(28)26-19-25-14(11-31-19)15-7-12(20)10-30-15/h7-11,21H,2-6H2,1H3,(H,22,24)(H,25,26,28). The number of hydrogen-bond acceptors (Lipinski definition) is 10. The number of carbonyl (C=O) groups is 2. The van der Waals surface area contributed by atoms with Crippen LogP contribution in [0, 0.1) is 0 Å². The van der Waals surface area contributed by atoms with E-state index in [9.17, 15) is 9.59 Å². The van der Waals surface area contributed by atoms with Crippen molar-refractivity contribution < 1.29 is 14.3 Å². The largest absolute Gasteiger partial charge is 0.466 e. The van der Waals surface area contributed by atoms with Crippen molar-refractivity contribution in [2.75, 3.05) is 36.9 Å². The fourth-order valence-corrected chi connectivity index (χ4v) is 4.23.